The van der Waals surface area contributed by atoms with Crippen molar-refractivity contribution in [2.75, 3.05) is 0 Å². The van der Waals surface area contributed by atoms with E-state index in [1.807, 2.05) is 0 Å². The third kappa shape index (κ3) is 20.4. The Kier molecular flexibility index (Phi) is 19.0. The van der Waals surface area contributed by atoms with Crippen LogP contribution >= 0.6 is 0 Å². The maximum absolute atomic E-state index is 10.4. The predicted molar refractivity (Wildman–Crippen MR) is 120 cm³/mol. The molecule has 1 rings (SSSR count). The molecule has 0 saturated heterocycles. The van der Waals surface area contributed by atoms with Crippen LogP contribution in [0.1, 0.15) is 107 Å². The van der Waals surface area contributed by atoms with Crippen LogP contribution in [0.4, 0.5) is 0 Å². The number of pyridine rings is 1. The fourth-order valence-corrected chi connectivity index (χ4v) is 2.86. The third-order valence-corrected chi connectivity index (χ3v) is 4.60. The van der Waals surface area contributed by atoms with Crippen molar-refractivity contribution in [3.63, 3.8) is 0 Å². The molecule has 0 aliphatic carbocycles. The van der Waals surface area contributed by atoms with E-state index in [9.17, 15) is 9.59 Å². The van der Waals surface area contributed by atoms with Gasteiger partial charge < -0.3 is 10.8 Å². The summed E-state index contributed by atoms with van der Waals surface area (Å²) in [6, 6.07) is 3.29. The zero-order chi connectivity index (χ0) is 21.6. The number of hydrogen-bond donors (Lipinski definition) is 2. The molecule has 1 aromatic heterocycles. The molecule has 0 unspecified atom stereocenters. The highest BCUT2D eigenvalue weighted by atomic mass is 16.4. The van der Waals surface area contributed by atoms with Gasteiger partial charge in [-0.05, 0) is 44.2 Å². The van der Waals surface area contributed by atoms with Crippen LogP contribution in [0.5, 0.6) is 0 Å². The number of unbranched alkanes of at least 4 members (excludes halogenated alkanes) is 11. The largest absolute Gasteiger partial charge is 0.481 e. The number of hydrogen-bond acceptors (Lipinski definition) is 3. The third-order valence-electron chi connectivity index (χ3n) is 4.60. The number of aliphatic carboxylic acids is 1. The Morgan fingerprint density at radius 1 is 0.931 bits per heavy atom. The van der Waals surface area contributed by atoms with Crippen LogP contribution in [0, 0.1) is 0 Å². The number of aromatic nitrogens is 1. The first-order valence-corrected chi connectivity index (χ1v) is 11.1. The topological polar surface area (TPSA) is 93.3 Å². The molecular formula is C24H40N2O3. The minimum absolute atomic E-state index is 0.312. The summed E-state index contributed by atoms with van der Waals surface area (Å²) in [6.07, 6.45) is 24.3. The van der Waals surface area contributed by atoms with Gasteiger partial charge in [-0.3, -0.25) is 14.6 Å². The van der Waals surface area contributed by atoms with Crippen molar-refractivity contribution >= 4 is 11.9 Å². The number of carbonyl (C=O) groups is 2. The van der Waals surface area contributed by atoms with E-state index >= 15 is 0 Å². The number of nitrogens with two attached hydrogens (primary N) is 1. The lowest BCUT2D eigenvalue weighted by Crippen LogP contribution is -2.10. The molecule has 0 radical (unpaired) electrons. The zero-order valence-electron chi connectivity index (χ0n) is 18.2. The molecule has 0 spiro atoms. The molecule has 0 aromatic carbocycles. The maximum Gasteiger partial charge on any atom is 0.303 e. The van der Waals surface area contributed by atoms with E-state index in [0.29, 0.717) is 12.0 Å². The Hall–Kier alpha value is -2.17. The first kappa shape index (κ1) is 26.8. The summed E-state index contributed by atoms with van der Waals surface area (Å²) in [5, 5.41) is 8.50. The molecule has 3 N–H and O–H groups in total. The lowest BCUT2D eigenvalue weighted by atomic mass is 10.1. The molecule has 29 heavy (non-hydrogen) atoms. The molecule has 0 aliphatic rings. The highest BCUT2D eigenvalue weighted by Gasteiger charge is 1.95. The first-order chi connectivity index (χ1) is 14.1. The summed E-state index contributed by atoms with van der Waals surface area (Å²) in [6.45, 7) is 2.26. The van der Waals surface area contributed by atoms with E-state index in [2.05, 4.69) is 24.1 Å². The van der Waals surface area contributed by atoms with Crippen LogP contribution < -0.4 is 5.73 Å². The molecule has 5 nitrogen and oxygen atoms in total. The quantitative estimate of drug-likeness (QED) is 0.250. The van der Waals surface area contributed by atoms with Gasteiger partial charge in [-0.2, -0.15) is 0 Å². The van der Waals surface area contributed by atoms with Crippen molar-refractivity contribution in [3.05, 3.63) is 42.2 Å². The van der Waals surface area contributed by atoms with Gasteiger partial charge in [0.2, 0.25) is 5.91 Å². The smallest absolute Gasteiger partial charge is 0.303 e. The monoisotopic (exact) mass is 404 g/mol. The van der Waals surface area contributed by atoms with Gasteiger partial charge in [0.15, 0.2) is 0 Å². The Morgan fingerprint density at radius 2 is 1.48 bits per heavy atom. The molecule has 0 atom stereocenters. The van der Waals surface area contributed by atoms with Crippen LogP contribution in [0.15, 0.2) is 36.7 Å². The van der Waals surface area contributed by atoms with Crippen molar-refractivity contribution < 1.29 is 14.7 Å². The second kappa shape index (κ2) is 20.6. The standard InChI is InChI=1S/C18H34O2.C6H6N2O/c1-2-3-4-5-6-7-8-9-10-11-12-13-14-15-16-17-18(19)20;7-6(9)5-2-1-3-8-4-5/h12-13H,2-11,14-17H2,1H3,(H,19,20);1-4H,(H2,7,9)/b13-12+;. The first-order valence-electron chi connectivity index (χ1n) is 11.1. The van der Waals surface area contributed by atoms with Gasteiger partial charge in [0.05, 0.1) is 5.56 Å². The molecule has 0 saturated carbocycles. The van der Waals surface area contributed by atoms with Crippen molar-refractivity contribution in [3.8, 4) is 0 Å². The van der Waals surface area contributed by atoms with Crippen molar-refractivity contribution in [1.82, 2.24) is 4.98 Å². The van der Waals surface area contributed by atoms with Crippen molar-refractivity contribution in [2.24, 2.45) is 5.73 Å². The van der Waals surface area contributed by atoms with Crippen LogP contribution in [0.2, 0.25) is 0 Å². The lowest BCUT2D eigenvalue weighted by Gasteiger charge is -2.00. The van der Waals surface area contributed by atoms with Gasteiger partial charge >= 0.3 is 5.97 Å². The molecule has 164 valence electrons. The van der Waals surface area contributed by atoms with Gasteiger partial charge in [0.25, 0.3) is 0 Å². The van der Waals surface area contributed by atoms with Gasteiger partial charge in [-0.15, -0.1) is 0 Å². The van der Waals surface area contributed by atoms with E-state index in [4.69, 9.17) is 10.8 Å². The fraction of sp³-hybridized carbons (Fsp3) is 0.625. The van der Waals surface area contributed by atoms with Crippen molar-refractivity contribution in [1.29, 1.82) is 0 Å². The Balaban J connectivity index is 0.000000717. The van der Waals surface area contributed by atoms with Crippen LogP contribution in [0.25, 0.3) is 0 Å². The number of nitrogens with zero attached hydrogens (tertiary/aromatic N) is 1. The number of carboxylic acids is 1. The molecule has 1 amide bonds. The van der Waals surface area contributed by atoms with Crippen LogP contribution in [-0.4, -0.2) is 22.0 Å². The van der Waals surface area contributed by atoms with Gasteiger partial charge in [0, 0.05) is 18.8 Å². The predicted octanol–water partition coefficient (Wildman–Crippen LogP) is 6.29. The van der Waals surface area contributed by atoms with E-state index in [-0.39, 0.29) is 0 Å². The summed E-state index contributed by atoms with van der Waals surface area (Å²) in [7, 11) is 0. The van der Waals surface area contributed by atoms with Crippen LogP contribution in [0.3, 0.4) is 0 Å². The molecule has 1 heterocycles. The zero-order valence-corrected chi connectivity index (χ0v) is 18.2. The molecule has 1 aromatic rings. The maximum atomic E-state index is 10.4. The highest BCUT2D eigenvalue weighted by Crippen LogP contribution is 2.11. The van der Waals surface area contributed by atoms with Crippen LogP contribution in [-0.2, 0) is 4.79 Å². The normalized spacial score (nSPS) is 10.5. The summed E-state index contributed by atoms with van der Waals surface area (Å²) in [4.78, 5) is 24.4. The second-order valence-electron chi connectivity index (χ2n) is 7.33. The summed E-state index contributed by atoms with van der Waals surface area (Å²) in [5.74, 6) is -1.12. The van der Waals surface area contributed by atoms with Gasteiger partial charge in [0.1, 0.15) is 0 Å². The minimum atomic E-state index is -0.677. The number of rotatable bonds is 16. The average molecular weight is 405 g/mol. The Labute approximate surface area is 176 Å². The van der Waals surface area contributed by atoms with Gasteiger partial charge in [-0.25, -0.2) is 0 Å². The van der Waals surface area contributed by atoms with E-state index in [0.717, 1.165) is 19.3 Å². The summed E-state index contributed by atoms with van der Waals surface area (Å²) >= 11 is 0. The Morgan fingerprint density at radius 3 is 1.93 bits per heavy atom. The highest BCUT2D eigenvalue weighted by molar-refractivity contribution is 5.92. The molecule has 0 fully saturated rings. The summed E-state index contributed by atoms with van der Waals surface area (Å²) < 4.78 is 0. The molecule has 0 bridgehead atoms. The molecular weight excluding hydrogens is 364 g/mol. The van der Waals surface area contributed by atoms with E-state index in [1.54, 1.807) is 18.3 Å². The number of amides is 1. The van der Waals surface area contributed by atoms with Gasteiger partial charge in [-0.1, -0.05) is 70.4 Å². The molecule has 0 aliphatic heterocycles. The minimum Gasteiger partial charge on any atom is -0.481 e. The number of allylic oxidation sites excluding steroid dienone is 2. The number of carboxylic acid groups (broad SMARTS) is 1. The van der Waals surface area contributed by atoms with E-state index < -0.39 is 11.9 Å². The van der Waals surface area contributed by atoms with E-state index in [1.165, 1.54) is 70.4 Å². The number of primary amides is 1. The number of carbonyl (C=O) groups excluding carboxylic acids is 1. The lowest BCUT2D eigenvalue weighted by molar-refractivity contribution is -0.137. The fourth-order valence-electron chi connectivity index (χ4n) is 2.86. The average Bonchev–Trinajstić information content (AvgIpc) is 2.72. The van der Waals surface area contributed by atoms with Crippen molar-refractivity contribution in [2.45, 2.75) is 96.8 Å². The Bertz CT molecular complexity index is 544. The molecule has 5 heteroatoms. The second-order valence-corrected chi connectivity index (χ2v) is 7.33. The summed E-state index contributed by atoms with van der Waals surface area (Å²) in [5.41, 5.74) is 5.38. The SMILES string of the molecule is CCCCCCCCCCC/C=C/CCCCC(=O)O.NC(=O)c1cccnc1.